The third kappa shape index (κ3) is 1.27. The van der Waals surface area contributed by atoms with E-state index in [-0.39, 0.29) is 0 Å². The Kier molecular flexibility index (Phi) is 2.13. The van der Waals surface area contributed by atoms with E-state index in [4.69, 9.17) is 16.1 Å². The molecule has 50 valence electrons. The van der Waals surface area contributed by atoms with Crippen molar-refractivity contribution in [1.29, 1.82) is 0 Å². The Hall–Kier alpha value is -0.0200. The van der Waals surface area contributed by atoms with E-state index in [0.717, 1.165) is 10.2 Å². The second-order valence-electron chi connectivity index (χ2n) is 1.64. The predicted octanol–water partition coefficient (Wildman–Crippen LogP) is 2.48. The predicted molar refractivity (Wildman–Crippen MR) is 38.5 cm³/mol. The van der Waals surface area contributed by atoms with Crippen LogP contribution in [0.5, 0.6) is 0 Å². The van der Waals surface area contributed by atoms with Gasteiger partial charge >= 0.3 is 0 Å². The number of hydrogen-bond acceptors (Lipinski definition) is 2. The van der Waals surface area contributed by atoms with Gasteiger partial charge < -0.3 is 4.52 Å². The van der Waals surface area contributed by atoms with Crippen LogP contribution < -0.4 is 0 Å². The highest BCUT2D eigenvalue weighted by Gasteiger charge is 2.06. The Morgan fingerprint density at radius 1 is 1.78 bits per heavy atom. The summed E-state index contributed by atoms with van der Waals surface area (Å²) >= 11 is 8.75. The van der Waals surface area contributed by atoms with Gasteiger partial charge in [-0.25, -0.2) is 0 Å². The minimum Gasteiger partial charge on any atom is -0.359 e. The molecule has 2 nitrogen and oxygen atoms in total. The molecular formula is C5H5BrClNO. The van der Waals surface area contributed by atoms with Gasteiger partial charge in [-0.3, -0.25) is 0 Å². The van der Waals surface area contributed by atoms with Crippen LogP contribution in [0.3, 0.4) is 0 Å². The van der Waals surface area contributed by atoms with Gasteiger partial charge in [0.25, 0.3) is 0 Å². The van der Waals surface area contributed by atoms with Crippen molar-refractivity contribution < 1.29 is 4.52 Å². The lowest BCUT2D eigenvalue weighted by Crippen LogP contribution is -1.71. The monoisotopic (exact) mass is 209 g/mol. The summed E-state index contributed by atoms with van der Waals surface area (Å²) in [5.41, 5.74) is 0.839. The minimum atomic E-state index is 0.363. The SMILES string of the molecule is Cc1noc(CCl)c1Br. The van der Waals surface area contributed by atoms with Crippen LogP contribution in [-0.4, -0.2) is 5.16 Å². The van der Waals surface area contributed by atoms with Crippen molar-refractivity contribution in [3.05, 3.63) is 15.9 Å². The van der Waals surface area contributed by atoms with Gasteiger partial charge in [0.15, 0.2) is 5.76 Å². The summed E-state index contributed by atoms with van der Waals surface area (Å²) in [6.07, 6.45) is 0. The van der Waals surface area contributed by atoms with Gasteiger partial charge in [0, 0.05) is 0 Å². The average Bonchev–Trinajstić information content (AvgIpc) is 2.15. The summed E-state index contributed by atoms with van der Waals surface area (Å²) in [7, 11) is 0. The highest BCUT2D eigenvalue weighted by Crippen LogP contribution is 2.21. The molecule has 0 aromatic carbocycles. The number of halogens is 2. The summed E-state index contributed by atoms with van der Waals surface area (Å²) in [5, 5.41) is 3.68. The number of hydrogen-bond donors (Lipinski definition) is 0. The normalized spacial score (nSPS) is 10.1. The van der Waals surface area contributed by atoms with Crippen molar-refractivity contribution in [2.24, 2.45) is 0 Å². The zero-order chi connectivity index (χ0) is 6.85. The molecule has 0 fully saturated rings. The maximum Gasteiger partial charge on any atom is 0.165 e. The maximum absolute atomic E-state index is 5.48. The fourth-order valence-electron chi connectivity index (χ4n) is 0.489. The van der Waals surface area contributed by atoms with Crippen LogP contribution in [0.4, 0.5) is 0 Å². The summed E-state index contributed by atoms with van der Waals surface area (Å²) in [6.45, 7) is 1.85. The second-order valence-corrected chi connectivity index (χ2v) is 2.70. The Balaban J connectivity index is 3.04. The van der Waals surface area contributed by atoms with E-state index in [1.807, 2.05) is 6.92 Å². The first-order valence-corrected chi connectivity index (χ1v) is 3.75. The molecule has 0 N–H and O–H groups in total. The first-order valence-electron chi connectivity index (χ1n) is 2.42. The molecule has 1 rings (SSSR count). The second kappa shape index (κ2) is 2.71. The molecule has 0 aliphatic rings. The van der Waals surface area contributed by atoms with Crippen LogP contribution in [0, 0.1) is 6.92 Å². The summed E-state index contributed by atoms with van der Waals surface area (Å²) in [5.74, 6) is 1.05. The molecule has 0 unspecified atom stereocenters. The summed E-state index contributed by atoms with van der Waals surface area (Å²) < 4.78 is 5.69. The first kappa shape index (κ1) is 7.09. The fourth-order valence-corrected chi connectivity index (χ4v) is 1.12. The molecule has 1 aromatic rings. The molecule has 1 heterocycles. The van der Waals surface area contributed by atoms with Gasteiger partial charge in [0.2, 0.25) is 0 Å². The summed E-state index contributed by atoms with van der Waals surface area (Å²) in [6, 6.07) is 0. The van der Waals surface area contributed by atoms with Crippen LogP contribution in [0.25, 0.3) is 0 Å². The van der Waals surface area contributed by atoms with E-state index in [0.29, 0.717) is 11.6 Å². The fraction of sp³-hybridized carbons (Fsp3) is 0.400. The Morgan fingerprint density at radius 3 is 2.67 bits per heavy atom. The molecule has 1 aromatic heterocycles. The minimum absolute atomic E-state index is 0.363. The molecule has 0 spiro atoms. The topological polar surface area (TPSA) is 26.0 Å². The Labute approximate surface area is 66.3 Å². The number of rotatable bonds is 1. The lowest BCUT2D eigenvalue weighted by atomic mass is 10.4. The van der Waals surface area contributed by atoms with Crippen LogP contribution in [0.15, 0.2) is 9.00 Å². The lowest BCUT2D eigenvalue weighted by molar-refractivity contribution is 0.389. The van der Waals surface area contributed by atoms with Crippen LogP contribution >= 0.6 is 27.5 Å². The molecule has 0 atom stereocenters. The molecule has 0 radical (unpaired) electrons. The molecule has 0 saturated carbocycles. The quantitative estimate of drug-likeness (QED) is 0.666. The molecular weight excluding hydrogens is 205 g/mol. The van der Waals surface area contributed by atoms with Gasteiger partial charge in [0.1, 0.15) is 0 Å². The van der Waals surface area contributed by atoms with Crippen LogP contribution in [-0.2, 0) is 5.88 Å². The van der Waals surface area contributed by atoms with Crippen LogP contribution in [0.1, 0.15) is 11.5 Å². The summed E-state index contributed by atoms with van der Waals surface area (Å²) in [4.78, 5) is 0. The van der Waals surface area contributed by atoms with Crippen molar-refractivity contribution in [2.75, 3.05) is 0 Å². The lowest BCUT2D eigenvalue weighted by Gasteiger charge is -1.82. The van der Waals surface area contributed by atoms with E-state index in [1.54, 1.807) is 0 Å². The average molecular weight is 210 g/mol. The largest absolute Gasteiger partial charge is 0.359 e. The van der Waals surface area contributed by atoms with Crippen molar-refractivity contribution in [1.82, 2.24) is 5.16 Å². The maximum atomic E-state index is 5.48. The third-order valence-electron chi connectivity index (χ3n) is 0.977. The van der Waals surface area contributed by atoms with Crippen molar-refractivity contribution in [3.63, 3.8) is 0 Å². The van der Waals surface area contributed by atoms with E-state index >= 15 is 0 Å². The molecule has 0 amide bonds. The number of nitrogens with zero attached hydrogens (tertiary/aromatic N) is 1. The van der Waals surface area contributed by atoms with Gasteiger partial charge in [-0.05, 0) is 22.9 Å². The molecule has 0 aliphatic heterocycles. The van der Waals surface area contributed by atoms with Gasteiger partial charge in [0.05, 0.1) is 16.0 Å². The molecule has 0 saturated heterocycles. The van der Waals surface area contributed by atoms with Gasteiger partial charge in [-0.2, -0.15) is 0 Å². The molecule has 0 aliphatic carbocycles. The zero-order valence-electron chi connectivity index (χ0n) is 4.82. The third-order valence-corrected chi connectivity index (χ3v) is 2.24. The van der Waals surface area contributed by atoms with E-state index in [2.05, 4.69) is 21.1 Å². The highest BCUT2D eigenvalue weighted by atomic mass is 79.9. The first-order chi connectivity index (χ1) is 4.25. The standard InChI is InChI=1S/C5H5BrClNO/c1-3-5(6)4(2-7)9-8-3/h2H2,1H3. The van der Waals surface area contributed by atoms with Gasteiger partial charge in [-0.15, -0.1) is 11.6 Å². The van der Waals surface area contributed by atoms with Crippen molar-refractivity contribution >= 4 is 27.5 Å². The Morgan fingerprint density at radius 2 is 2.44 bits per heavy atom. The molecule has 4 heteroatoms. The number of aryl methyl sites for hydroxylation is 1. The van der Waals surface area contributed by atoms with Crippen molar-refractivity contribution in [3.8, 4) is 0 Å². The highest BCUT2D eigenvalue weighted by molar-refractivity contribution is 9.10. The molecule has 9 heavy (non-hydrogen) atoms. The van der Waals surface area contributed by atoms with Gasteiger partial charge in [-0.1, -0.05) is 5.16 Å². The smallest absolute Gasteiger partial charge is 0.165 e. The Bertz CT molecular complexity index is 211. The molecule has 0 bridgehead atoms. The van der Waals surface area contributed by atoms with Crippen LogP contribution in [0.2, 0.25) is 0 Å². The van der Waals surface area contributed by atoms with Crippen molar-refractivity contribution in [2.45, 2.75) is 12.8 Å². The number of alkyl halides is 1. The van der Waals surface area contributed by atoms with E-state index < -0.39 is 0 Å². The zero-order valence-corrected chi connectivity index (χ0v) is 7.16. The number of aromatic nitrogens is 1. The van der Waals surface area contributed by atoms with E-state index in [1.165, 1.54) is 0 Å². The van der Waals surface area contributed by atoms with E-state index in [9.17, 15) is 0 Å².